The van der Waals surface area contributed by atoms with Crippen LogP contribution in [0.2, 0.25) is 0 Å². The predicted molar refractivity (Wildman–Crippen MR) is 71.9 cm³/mol. The second-order valence-corrected chi connectivity index (χ2v) is 5.68. The van der Waals surface area contributed by atoms with E-state index in [1.807, 2.05) is 32.9 Å². The van der Waals surface area contributed by atoms with Crippen molar-refractivity contribution in [1.82, 2.24) is 0 Å². The fraction of sp³-hybridized carbons (Fsp3) is 0.533. The molecule has 0 bridgehead atoms. The Hall–Kier alpha value is -1.51. The van der Waals surface area contributed by atoms with E-state index in [1.165, 1.54) is 0 Å². The first kappa shape index (κ1) is 14.6. The molecule has 1 aromatic carbocycles. The van der Waals surface area contributed by atoms with Gasteiger partial charge in [-0.05, 0) is 36.8 Å². The molecule has 1 atom stereocenters. The molecule has 1 aromatic rings. The third kappa shape index (κ3) is 3.49. The van der Waals surface area contributed by atoms with Gasteiger partial charge in [0.15, 0.2) is 0 Å². The fourth-order valence-corrected chi connectivity index (χ4v) is 2.03. The highest BCUT2D eigenvalue weighted by atomic mass is 16.4. The smallest absolute Gasteiger partial charge is 0.306 e. The lowest BCUT2D eigenvalue weighted by Gasteiger charge is -2.27. The number of aromatic hydroxyl groups is 1. The summed E-state index contributed by atoms with van der Waals surface area (Å²) in [5, 5.41) is 18.8. The third-order valence-corrected chi connectivity index (χ3v) is 3.51. The van der Waals surface area contributed by atoms with Crippen molar-refractivity contribution < 1.29 is 15.0 Å². The average Bonchev–Trinajstić information content (AvgIpc) is 2.29. The minimum absolute atomic E-state index is 0.222. The van der Waals surface area contributed by atoms with Crippen LogP contribution >= 0.6 is 0 Å². The Morgan fingerprint density at radius 1 is 1.39 bits per heavy atom. The second kappa shape index (κ2) is 5.42. The molecule has 0 aliphatic rings. The van der Waals surface area contributed by atoms with Gasteiger partial charge in [-0.15, -0.1) is 0 Å². The number of carboxylic acids is 1. The number of phenolic OH excluding ortho intramolecular Hbond substituents is 1. The summed E-state index contributed by atoms with van der Waals surface area (Å²) in [6.07, 6.45) is 1.34. The summed E-state index contributed by atoms with van der Waals surface area (Å²) >= 11 is 0. The number of aliphatic carboxylic acids is 1. The Morgan fingerprint density at radius 2 is 2.00 bits per heavy atom. The first-order valence-corrected chi connectivity index (χ1v) is 6.27. The quantitative estimate of drug-likeness (QED) is 0.841. The van der Waals surface area contributed by atoms with Crippen LogP contribution in [0.25, 0.3) is 0 Å². The molecule has 3 heteroatoms. The standard InChI is InChI=1S/C15H22O3/c1-10-5-6-13(16)12(9-10)15(3,4)8-7-11(2)14(17)18/h5-6,9,11,16H,7-8H2,1-4H3,(H,17,18). The number of hydrogen-bond donors (Lipinski definition) is 2. The molecule has 18 heavy (non-hydrogen) atoms. The highest BCUT2D eigenvalue weighted by Crippen LogP contribution is 2.36. The summed E-state index contributed by atoms with van der Waals surface area (Å²) in [4.78, 5) is 10.8. The van der Waals surface area contributed by atoms with Gasteiger partial charge in [-0.1, -0.05) is 38.5 Å². The largest absolute Gasteiger partial charge is 0.508 e. The fourth-order valence-electron chi connectivity index (χ4n) is 2.03. The number of aryl methyl sites for hydroxylation is 1. The van der Waals surface area contributed by atoms with Crippen LogP contribution in [0.15, 0.2) is 18.2 Å². The van der Waals surface area contributed by atoms with Gasteiger partial charge in [0.25, 0.3) is 0 Å². The van der Waals surface area contributed by atoms with Crippen molar-refractivity contribution in [2.75, 3.05) is 0 Å². The van der Waals surface area contributed by atoms with Crippen LogP contribution in [-0.4, -0.2) is 16.2 Å². The second-order valence-electron chi connectivity index (χ2n) is 5.68. The molecule has 0 heterocycles. The Kier molecular flexibility index (Phi) is 4.38. The maximum atomic E-state index is 10.8. The lowest BCUT2D eigenvalue weighted by Crippen LogP contribution is -2.20. The molecule has 2 N–H and O–H groups in total. The molecule has 0 aliphatic heterocycles. The molecule has 1 unspecified atom stereocenters. The Balaban J connectivity index is 2.85. The number of carbonyl (C=O) groups is 1. The van der Waals surface area contributed by atoms with Gasteiger partial charge < -0.3 is 10.2 Å². The van der Waals surface area contributed by atoms with E-state index < -0.39 is 5.97 Å². The first-order valence-electron chi connectivity index (χ1n) is 6.27. The Morgan fingerprint density at radius 3 is 2.56 bits per heavy atom. The normalized spacial score (nSPS) is 13.3. The lowest BCUT2D eigenvalue weighted by molar-refractivity contribution is -0.141. The third-order valence-electron chi connectivity index (χ3n) is 3.51. The topological polar surface area (TPSA) is 57.5 Å². The number of phenols is 1. The van der Waals surface area contributed by atoms with E-state index in [-0.39, 0.29) is 17.1 Å². The van der Waals surface area contributed by atoms with Gasteiger partial charge in [-0.3, -0.25) is 4.79 Å². The molecule has 0 aliphatic carbocycles. The van der Waals surface area contributed by atoms with Gasteiger partial charge in [0, 0.05) is 0 Å². The van der Waals surface area contributed by atoms with Crippen LogP contribution in [0.1, 0.15) is 44.7 Å². The molecule has 0 saturated carbocycles. The van der Waals surface area contributed by atoms with Crippen molar-refractivity contribution in [2.45, 2.75) is 46.0 Å². The summed E-state index contributed by atoms with van der Waals surface area (Å²) in [6.45, 7) is 7.78. The van der Waals surface area contributed by atoms with E-state index in [0.717, 1.165) is 17.5 Å². The number of carboxylic acid groups (broad SMARTS) is 1. The van der Waals surface area contributed by atoms with Crippen LogP contribution in [0.3, 0.4) is 0 Å². The Bertz CT molecular complexity index is 435. The molecule has 0 radical (unpaired) electrons. The average molecular weight is 250 g/mol. The van der Waals surface area contributed by atoms with Gasteiger partial charge in [0.05, 0.1) is 5.92 Å². The predicted octanol–water partition coefficient (Wildman–Crippen LogP) is 3.48. The zero-order chi connectivity index (χ0) is 13.9. The van der Waals surface area contributed by atoms with E-state index in [2.05, 4.69) is 0 Å². The van der Waals surface area contributed by atoms with E-state index in [1.54, 1.807) is 13.0 Å². The summed E-state index contributed by atoms with van der Waals surface area (Å²) in [5.41, 5.74) is 1.77. The maximum Gasteiger partial charge on any atom is 0.306 e. The SMILES string of the molecule is Cc1ccc(O)c(C(C)(C)CCC(C)C(=O)O)c1. The highest BCUT2D eigenvalue weighted by molar-refractivity contribution is 5.69. The number of benzene rings is 1. The first-order chi connectivity index (χ1) is 8.24. The molecule has 0 spiro atoms. The van der Waals surface area contributed by atoms with Crippen molar-refractivity contribution >= 4 is 5.97 Å². The van der Waals surface area contributed by atoms with E-state index in [4.69, 9.17) is 5.11 Å². The molecule has 1 rings (SSSR count). The zero-order valence-corrected chi connectivity index (χ0v) is 11.5. The molecule has 0 aromatic heterocycles. The van der Waals surface area contributed by atoms with Crippen LogP contribution in [0, 0.1) is 12.8 Å². The van der Waals surface area contributed by atoms with Crippen LogP contribution < -0.4 is 0 Å². The van der Waals surface area contributed by atoms with Crippen LogP contribution in [0.5, 0.6) is 5.75 Å². The highest BCUT2D eigenvalue weighted by Gasteiger charge is 2.25. The van der Waals surface area contributed by atoms with Gasteiger partial charge in [0.2, 0.25) is 0 Å². The van der Waals surface area contributed by atoms with Crippen LogP contribution in [0.4, 0.5) is 0 Å². The minimum atomic E-state index is -0.765. The van der Waals surface area contributed by atoms with Gasteiger partial charge in [-0.25, -0.2) is 0 Å². The summed E-state index contributed by atoms with van der Waals surface area (Å²) in [7, 11) is 0. The summed E-state index contributed by atoms with van der Waals surface area (Å²) in [6, 6.07) is 5.54. The van der Waals surface area contributed by atoms with Crippen molar-refractivity contribution in [1.29, 1.82) is 0 Å². The molecule has 0 amide bonds. The molecular formula is C15H22O3. The van der Waals surface area contributed by atoms with Gasteiger partial charge in [0.1, 0.15) is 5.75 Å². The molecule has 0 saturated heterocycles. The van der Waals surface area contributed by atoms with Crippen LogP contribution in [-0.2, 0) is 10.2 Å². The number of rotatable bonds is 5. The van der Waals surface area contributed by atoms with Crippen molar-refractivity contribution in [2.24, 2.45) is 5.92 Å². The van der Waals surface area contributed by atoms with Crippen molar-refractivity contribution in [3.63, 3.8) is 0 Å². The number of hydrogen-bond acceptors (Lipinski definition) is 2. The zero-order valence-electron chi connectivity index (χ0n) is 11.5. The van der Waals surface area contributed by atoms with E-state index in [9.17, 15) is 9.90 Å². The van der Waals surface area contributed by atoms with Crippen molar-refractivity contribution in [3.05, 3.63) is 29.3 Å². The molecule has 100 valence electrons. The monoisotopic (exact) mass is 250 g/mol. The molecule has 0 fully saturated rings. The minimum Gasteiger partial charge on any atom is -0.508 e. The molecule has 3 nitrogen and oxygen atoms in total. The maximum absolute atomic E-state index is 10.8. The van der Waals surface area contributed by atoms with E-state index in [0.29, 0.717) is 6.42 Å². The van der Waals surface area contributed by atoms with E-state index >= 15 is 0 Å². The lowest BCUT2D eigenvalue weighted by atomic mass is 9.78. The Labute approximate surface area is 108 Å². The molecular weight excluding hydrogens is 228 g/mol. The summed E-state index contributed by atoms with van der Waals surface area (Å²) < 4.78 is 0. The van der Waals surface area contributed by atoms with Gasteiger partial charge in [-0.2, -0.15) is 0 Å². The van der Waals surface area contributed by atoms with Gasteiger partial charge >= 0.3 is 5.97 Å². The van der Waals surface area contributed by atoms with Crippen molar-refractivity contribution in [3.8, 4) is 5.75 Å². The summed E-state index contributed by atoms with van der Waals surface area (Å²) in [5.74, 6) is -0.830.